The Kier molecular flexibility index (Phi) is 5.48. The van der Waals surface area contributed by atoms with Crippen LogP contribution in [-0.4, -0.2) is 42.9 Å². The summed E-state index contributed by atoms with van der Waals surface area (Å²) in [7, 11) is 0. The molecule has 146 valence electrons. The minimum absolute atomic E-state index is 0.0270. The number of likely N-dealkylation sites (tertiary alicyclic amines) is 1. The Morgan fingerprint density at radius 2 is 1.89 bits per heavy atom. The summed E-state index contributed by atoms with van der Waals surface area (Å²) >= 11 is 0. The molecule has 2 saturated heterocycles. The number of carbonyl (C=O) groups excluding carboxylic acids is 2. The topological polar surface area (TPSA) is 61.4 Å². The number of fused-ring (bicyclic) bond motifs is 1. The summed E-state index contributed by atoms with van der Waals surface area (Å²) < 4.78 is 0. The number of nitrogens with zero attached hydrogens (tertiary/aromatic N) is 1. The quantitative estimate of drug-likeness (QED) is 0.856. The standard InChI is InChI=1S/C22H31N3O2/c26-20(24-14-17-6-2-1-3-7-17)18-9-12-25(13-10-18)21(27)22-11-5-4-8-19(22)15-23-16-22/h1-3,6-7,18-19,23H,4-5,8-16H2,(H,24,26)/t19-,22+/m0/s1. The predicted octanol–water partition coefficient (Wildman–Crippen LogP) is 2.32. The molecule has 1 aliphatic carbocycles. The van der Waals surface area contributed by atoms with Crippen molar-refractivity contribution in [1.29, 1.82) is 0 Å². The molecule has 3 aliphatic rings. The van der Waals surface area contributed by atoms with Crippen molar-refractivity contribution >= 4 is 11.8 Å². The third-order valence-electron chi connectivity index (χ3n) is 6.93. The van der Waals surface area contributed by atoms with E-state index < -0.39 is 0 Å². The first-order chi connectivity index (χ1) is 13.2. The molecule has 0 aromatic heterocycles. The van der Waals surface area contributed by atoms with Crippen molar-refractivity contribution < 1.29 is 9.59 Å². The van der Waals surface area contributed by atoms with Crippen LogP contribution < -0.4 is 10.6 Å². The second-order valence-electron chi connectivity index (χ2n) is 8.50. The second kappa shape index (κ2) is 8.01. The normalized spacial score (nSPS) is 28.6. The van der Waals surface area contributed by atoms with E-state index in [2.05, 4.69) is 10.6 Å². The number of rotatable bonds is 4. The van der Waals surface area contributed by atoms with Crippen LogP contribution in [0.15, 0.2) is 30.3 Å². The monoisotopic (exact) mass is 369 g/mol. The van der Waals surface area contributed by atoms with Crippen LogP contribution in [-0.2, 0) is 16.1 Å². The van der Waals surface area contributed by atoms with Crippen molar-refractivity contribution in [1.82, 2.24) is 15.5 Å². The maximum atomic E-state index is 13.3. The van der Waals surface area contributed by atoms with Crippen LogP contribution in [0.1, 0.15) is 44.1 Å². The molecule has 5 nitrogen and oxygen atoms in total. The SMILES string of the molecule is O=C(NCc1ccccc1)C1CCN(C(=O)[C@@]23CCCC[C@H]2CNC3)CC1. The van der Waals surface area contributed by atoms with Gasteiger partial charge in [0, 0.05) is 32.1 Å². The molecule has 2 amide bonds. The zero-order valence-corrected chi connectivity index (χ0v) is 16.1. The minimum atomic E-state index is -0.166. The maximum absolute atomic E-state index is 13.3. The van der Waals surface area contributed by atoms with Gasteiger partial charge in [0.2, 0.25) is 11.8 Å². The van der Waals surface area contributed by atoms with Gasteiger partial charge in [-0.15, -0.1) is 0 Å². The molecular weight excluding hydrogens is 338 g/mol. The lowest BCUT2D eigenvalue weighted by molar-refractivity contribution is -0.148. The van der Waals surface area contributed by atoms with E-state index >= 15 is 0 Å². The molecular formula is C22H31N3O2. The zero-order chi connectivity index (χ0) is 18.7. The highest BCUT2D eigenvalue weighted by Crippen LogP contribution is 2.45. The number of carbonyl (C=O) groups is 2. The van der Waals surface area contributed by atoms with E-state index in [4.69, 9.17) is 0 Å². The highest BCUT2D eigenvalue weighted by molar-refractivity contribution is 5.85. The largest absolute Gasteiger partial charge is 0.352 e. The van der Waals surface area contributed by atoms with Gasteiger partial charge >= 0.3 is 0 Å². The molecule has 2 N–H and O–H groups in total. The molecule has 2 heterocycles. The van der Waals surface area contributed by atoms with Crippen molar-refractivity contribution in [3.05, 3.63) is 35.9 Å². The fourth-order valence-corrected chi connectivity index (χ4v) is 5.26. The Labute approximate surface area is 161 Å². The minimum Gasteiger partial charge on any atom is -0.352 e. The summed E-state index contributed by atoms with van der Waals surface area (Å²) in [6.07, 6.45) is 6.19. The average molecular weight is 370 g/mol. The lowest BCUT2D eigenvalue weighted by Gasteiger charge is -2.42. The van der Waals surface area contributed by atoms with Crippen molar-refractivity contribution in [3.8, 4) is 0 Å². The van der Waals surface area contributed by atoms with Gasteiger partial charge in [-0.1, -0.05) is 43.2 Å². The molecule has 0 unspecified atom stereocenters. The molecule has 1 aromatic rings. The lowest BCUT2D eigenvalue weighted by atomic mass is 9.67. The molecule has 5 heteroatoms. The Balaban J connectivity index is 1.29. The molecule has 1 aromatic carbocycles. The van der Waals surface area contributed by atoms with Crippen molar-refractivity contribution in [3.63, 3.8) is 0 Å². The molecule has 3 fully saturated rings. The fraction of sp³-hybridized carbons (Fsp3) is 0.636. The molecule has 27 heavy (non-hydrogen) atoms. The Morgan fingerprint density at radius 3 is 2.67 bits per heavy atom. The summed E-state index contributed by atoms with van der Waals surface area (Å²) in [4.78, 5) is 27.9. The number of benzene rings is 1. The predicted molar refractivity (Wildman–Crippen MR) is 105 cm³/mol. The van der Waals surface area contributed by atoms with Gasteiger partial charge in [-0.25, -0.2) is 0 Å². The highest BCUT2D eigenvalue weighted by Gasteiger charge is 2.51. The summed E-state index contributed by atoms with van der Waals surface area (Å²) in [6, 6.07) is 10.0. The summed E-state index contributed by atoms with van der Waals surface area (Å²) in [6.45, 7) is 3.85. The molecule has 1 saturated carbocycles. The van der Waals surface area contributed by atoms with Gasteiger partial charge in [-0.3, -0.25) is 9.59 Å². The van der Waals surface area contributed by atoms with Gasteiger partial charge < -0.3 is 15.5 Å². The zero-order valence-electron chi connectivity index (χ0n) is 16.1. The molecule has 4 rings (SSSR count). The van der Waals surface area contributed by atoms with Crippen molar-refractivity contribution in [2.75, 3.05) is 26.2 Å². The smallest absolute Gasteiger partial charge is 0.230 e. The Bertz CT molecular complexity index is 669. The van der Waals surface area contributed by atoms with Crippen molar-refractivity contribution in [2.45, 2.75) is 45.1 Å². The molecule has 0 radical (unpaired) electrons. The van der Waals surface area contributed by atoms with E-state index in [0.717, 1.165) is 51.0 Å². The molecule has 2 aliphatic heterocycles. The van der Waals surface area contributed by atoms with E-state index in [1.807, 2.05) is 35.2 Å². The maximum Gasteiger partial charge on any atom is 0.230 e. The lowest BCUT2D eigenvalue weighted by Crippen LogP contribution is -2.52. The van der Waals surface area contributed by atoms with Crippen LogP contribution in [0.2, 0.25) is 0 Å². The van der Waals surface area contributed by atoms with Gasteiger partial charge in [-0.05, 0) is 43.7 Å². The molecule has 2 atom stereocenters. The number of hydrogen-bond donors (Lipinski definition) is 2. The van der Waals surface area contributed by atoms with Crippen LogP contribution in [0.5, 0.6) is 0 Å². The highest BCUT2D eigenvalue weighted by atomic mass is 16.2. The van der Waals surface area contributed by atoms with E-state index in [1.54, 1.807) is 0 Å². The number of hydrogen-bond acceptors (Lipinski definition) is 3. The first-order valence-electron chi connectivity index (χ1n) is 10.5. The molecule has 0 bridgehead atoms. The van der Waals surface area contributed by atoms with Crippen molar-refractivity contribution in [2.24, 2.45) is 17.3 Å². The number of nitrogens with one attached hydrogen (secondary N) is 2. The van der Waals surface area contributed by atoms with Gasteiger partial charge in [0.15, 0.2) is 0 Å². The van der Waals surface area contributed by atoms with Gasteiger partial charge in [0.05, 0.1) is 5.41 Å². The Hall–Kier alpha value is -1.88. The van der Waals surface area contributed by atoms with Crippen LogP contribution in [0, 0.1) is 17.3 Å². The fourth-order valence-electron chi connectivity index (χ4n) is 5.26. The van der Waals surface area contributed by atoms with Gasteiger partial charge in [0.25, 0.3) is 0 Å². The first-order valence-corrected chi connectivity index (χ1v) is 10.5. The Morgan fingerprint density at radius 1 is 1.11 bits per heavy atom. The average Bonchev–Trinajstić information content (AvgIpc) is 3.17. The molecule has 0 spiro atoms. The summed E-state index contributed by atoms with van der Waals surface area (Å²) in [5.74, 6) is 1.01. The summed E-state index contributed by atoms with van der Waals surface area (Å²) in [5, 5.41) is 6.53. The number of amides is 2. The van der Waals surface area contributed by atoms with E-state index in [0.29, 0.717) is 18.4 Å². The van der Waals surface area contributed by atoms with E-state index in [-0.39, 0.29) is 17.2 Å². The summed E-state index contributed by atoms with van der Waals surface area (Å²) in [5.41, 5.74) is 0.954. The van der Waals surface area contributed by atoms with Crippen LogP contribution in [0.4, 0.5) is 0 Å². The first kappa shape index (κ1) is 18.5. The third kappa shape index (κ3) is 3.75. The van der Waals surface area contributed by atoms with E-state index in [9.17, 15) is 9.59 Å². The van der Waals surface area contributed by atoms with Gasteiger partial charge in [-0.2, -0.15) is 0 Å². The van der Waals surface area contributed by atoms with Crippen LogP contribution in [0.25, 0.3) is 0 Å². The van der Waals surface area contributed by atoms with Crippen LogP contribution >= 0.6 is 0 Å². The second-order valence-corrected chi connectivity index (χ2v) is 8.50. The number of piperidine rings is 1. The van der Waals surface area contributed by atoms with Crippen LogP contribution in [0.3, 0.4) is 0 Å². The van der Waals surface area contributed by atoms with E-state index in [1.165, 1.54) is 19.3 Å². The third-order valence-corrected chi connectivity index (χ3v) is 6.93. The van der Waals surface area contributed by atoms with Gasteiger partial charge in [0.1, 0.15) is 0 Å².